The second-order valence-electron chi connectivity index (χ2n) is 6.87. The highest BCUT2D eigenvalue weighted by Gasteiger charge is 2.19. The van der Waals surface area contributed by atoms with Crippen molar-refractivity contribution in [2.45, 2.75) is 6.54 Å². The molecule has 0 spiro atoms. The summed E-state index contributed by atoms with van der Waals surface area (Å²) in [6.07, 6.45) is 1.68. The Morgan fingerprint density at radius 3 is 2.32 bits per heavy atom. The summed E-state index contributed by atoms with van der Waals surface area (Å²) in [5, 5.41) is 3.35. The van der Waals surface area contributed by atoms with Crippen molar-refractivity contribution in [2.75, 3.05) is 37.4 Å². The van der Waals surface area contributed by atoms with Crippen LogP contribution in [0.25, 0.3) is 0 Å². The lowest BCUT2D eigenvalue weighted by Crippen LogP contribution is -2.31. The van der Waals surface area contributed by atoms with Crippen molar-refractivity contribution in [1.82, 2.24) is 9.88 Å². The molecule has 0 aliphatic rings. The van der Waals surface area contributed by atoms with Gasteiger partial charge < -0.3 is 15.1 Å². The number of benzene rings is 2. The van der Waals surface area contributed by atoms with E-state index in [0.717, 1.165) is 30.0 Å². The van der Waals surface area contributed by atoms with Crippen LogP contribution in [0, 0.1) is 0 Å². The highest BCUT2D eigenvalue weighted by atomic mass is 16.2. The van der Waals surface area contributed by atoms with Crippen LogP contribution in [-0.2, 0) is 6.54 Å². The number of nitrogens with one attached hydrogen (secondary N) is 1. The molecule has 1 amide bonds. The van der Waals surface area contributed by atoms with Gasteiger partial charge in [-0.3, -0.25) is 9.78 Å². The van der Waals surface area contributed by atoms with Crippen LogP contribution in [0.5, 0.6) is 0 Å². The summed E-state index contributed by atoms with van der Waals surface area (Å²) in [6.45, 7) is 2.20. The van der Waals surface area contributed by atoms with Crippen LogP contribution in [-0.4, -0.2) is 43.0 Å². The van der Waals surface area contributed by atoms with Gasteiger partial charge in [-0.2, -0.15) is 0 Å². The first-order chi connectivity index (χ1) is 13.6. The maximum atomic E-state index is 13.3. The summed E-state index contributed by atoms with van der Waals surface area (Å²) >= 11 is 0. The predicted octanol–water partition coefficient (Wildman–Crippen LogP) is 3.90. The highest BCUT2D eigenvalue weighted by Crippen LogP contribution is 2.20. The zero-order chi connectivity index (χ0) is 19.8. The molecule has 0 aliphatic carbocycles. The van der Waals surface area contributed by atoms with Crippen LogP contribution in [0.1, 0.15) is 16.1 Å². The van der Waals surface area contributed by atoms with Gasteiger partial charge in [-0.15, -0.1) is 0 Å². The number of anilines is 2. The standard InChI is InChI=1S/C23H26N4O/c1-26(2)16-15-24-20-13-14-25-22(17-20)23(28)27(21-11-7-4-8-12-21)18-19-9-5-3-6-10-19/h3-14,17H,15-16,18H2,1-2H3,(H,24,25). The maximum absolute atomic E-state index is 13.3. The van der Waals surface area contributed by atoms with Gasteiger partial charge in [0.05, 0.1) is 6.54 Å². The van der Waals surface area contributed by atoms with E-state index in [0.29, 0.717) is 12.2 Å². The summed E-state index contributed by atoms with van der Waals surface area (Å²) in [6, 6.07) is 23.4. The van der Waals surface area contributed by atoms with E-state index >= 15 is 0 Å². The van der Waals surface area contributed by atoms with Gasteiger partial charge in [0.25, 0.3) is 5.91 Å². The number of nitrogens with zero attached hydrogens (tertiary/aromatic N) is 3. The van der Waals surface area contributed by atoms with Crippen LogP contribution in [0.4, 0.5) is 11.4 Å². The average Bonchev–Trinajstić information content (AvgIpc) is 2.73. The lowest BCUT2D eigenvalue weighted by Gasteiger charge is -2.23. The van der Waals surface area contributed by atoms with Gasteiger partial charge in [0.15, 0.2) is 0 Å². The number of aromatic nitrogens is 1. The SMILES string of the molecule is CN(C)CCNc1ccnc(C(=O)N(Cc2ccccc2)c2ccccc2)c1. The van der Waals surface area contributed by atoms with Crippen molar-refractivity contribution in [3.8, 4) is 0 Å². The van der Waals surface area contributed by atoms with E-state index in [1.807, 2.05) is 86.9 Å². The molecule has 0 aliphatic heterocycles. The molecule has 0 saturated carbocycles. The van der Waals surface area contributed by atoms with Gasteiger partial charge >= 0.3 is 0 Å². The largest absolute Gasteiger partial charge is 0.384 e. The van der Waals surface area contributed by atoms with Crippen molar-refractivity contribution < 1.29 is 4.79 Å². The number of likely N-dealkylation sites (N-methyl/N-ethyl adjacent to an activating group) is 1. The number of hydrogen-bond donors (Lipinski definition) is 1. The summed E-state index contributed by atoms with van der Waals surface area (Å²) in [7, 11) is 4.06. The molecule has 0 radical (unpaired) electrons. The van der Waals surface area contributed by atoms with Gasteiger partial charge in [0.2, 0.25) is 0 Å². The van der Waals surface area contributed by atoms with E-state index in [1.165, 1.54) is 0 Å². The van der Waals surface area contributed by atoms with Gasteiger partial charge in [-0.05, 0) is 43.9 Å². The Bertz CT molecular complexity index is 881. The highest BCUT2D eigenvalue weighted by molar-refractivity contribution is 6.05. The number of pyridine rings is 1. The van der Waals surface area contributed by atoms with Crippen LogP contribution >= 0.6 is 0 Å². The van der Waals surface area contributed by atoms with Gasteiger partial charge in [-0.1, -0.05) is 48.5 Å². The Hall–Kier alpha value is -3.18. The van der Waals surface area contributed by atoms with Crippen LogP contribution in [0.15, 0.2) is 79.0 Å². The summed E-state index contributed by atoms with van der Waals surface area (Å²) in [4.78, 5) is 21.5. The van der Waals surface area contributed by atoms with Crippen molar-refractivity contribution >= 4 is 17.3 Å². The van der Waals surface area contributed by atoms with E-state index in [9.17, 15) is 4.79 Å². The molecule has 0 unspecified atom stereocenters. The molecule has 144 valence electrons. The Labute approximate surface area is 166 Å². The molecule has 0 saturated heterocycles. The zero-order valence-electron chi connectivity index (χ0n) is 16.4. The molecule has 28 heavy (non-hydrogen) atoms. The zero-order valence-corrected chi connectivity index (χ0v) is 16.4. The minimum absolute atomic E-state index is 0.119. The Balaban J connectivity index is 1.83. The quantitative estimate of drug-likeness (QED) is 0.650. The van der Waals surface area contributed by atoms with E-state index in [1.54, 1.807) is 11.1 Å². The number of hydrogen-bond acceptors (Lipinski definition) is 4. The summed E-state index contributed by atoms with van der Waals surface area (Å²) < 4.78 is 0. The fourth-order valence-electron chi connectivity index (χ4n) is 2.87. The number of rotatable bonds is 8. The van der Waals surface area contributed by atoms with E-state index in [2.05, 4.69) is 15.2 Å². The number of carbonyl (C=O) groups excluding carboxylic acids is 1. The molecule has 0 fully saturated rings. The Morgan fingerprint density at radius 2 is 1.64 bits per heavy atom. The van der Waals surface area contributed by atoms with Crippen molar-refractivity contribution in [3.63, 3.8) is 0 Å². The molecule has 1 aromatic heterocycles. The Kier molecular flexibility index (Phi) is 6.76. The lowest BCUT2D eigenvalue weighted by molar-refractivity contribution is 0.0980. The third-order valence-electron chi connectivity index (χ3n) is 4.36. The first-order valence-electron chi connectivity index (χ1n) is 9.39. The minimum Gasteiger partial charge on any atom is -0.384 e. The van der Waals surface area contributed by atoms with Gasteiger partial charge in [0.1, 0.15) is 5.69 Å². The molecule has 2 aromatic carbocycles. The van der Waals surface area contributed by atoms with Crippen molar-refractivity contribution in [1.29, 1.82) is 0 Å². The van der Waals surface area contributed by atoms with E-state index < -0.39 is 0 Å². The topological polar surface area (TPSA) is 48.5 Å². The summed E-state index contributed by atoms with van der Waals surface area (Å²) in [5.74, 6) is -0.119. The summed E-state index contributed by atoms with van der Waals surface area (Å²) in [5.41, 5.74) is 3.24. The predicted molar refractivity (Wildman–Crippen MR) is 115 cm³/mol. The Morgan fingerprint density at radius 1 is 0.964 bits per heavy atom. The van der Waals surface area contributed by atoms with Crippen molar-refractivity contribution in [3.05, 3.63) is 90.3 Å². The second-order valence-corrected chi connectivity index (χ2v) is 6.87. The third-order valence-corrected chi connectivity index (χ3v) is 4.36. The van der Waals surface area contributed by atoms with Crippen LogP contribution < -0.4 is 10.2 Å². The number of para-hydroxylation sites is 1. The average molecular weight is 374 g/mol. The normalized spacial score (nSPS) is 10.7. The smallest absolute Gasteiger partial charge is 0.277 e. The first-order valence-corrected chi connectivity index (χ1v) is 9.39. The molecule has 5 heteroatoms. The first kappa shape index (κ1) is 19.6. The monoisotopic (exact) mass is 374 g/mol. The molecule has 0 bridgehead atoms. The molecular weight excluding hydrogens is 348 g/mol. The molecule has 3 rings (SSSR count). The number of amides is 1. The molecule has 1 heterocycles. The lowest BCUT2D eigenvalue weighted by atomic mass is 10.1. The van der Waals surface area contributed by atoms with E-state index in [4.69, 9.17) is 0 Å². The molecular formula is C23H26N4O. The number of carbonyl (C=O) groups is 1. The van der Waals surface area contributed by atoms with Crippen molar-refractivity contribution in [2.24, 2.45) is 0 Å². The molecule has 3 aromatic rings. The third kappa shape index (κ3) is 5.41. The fourth-order valence-corrected chi connectivity index (χ4v) is 2.87. The van der Waals surface area contributed by atoms with Gasteiger partial charge in [-0.25, -0.2) is 0 Å². The van der Waals surface area contributed by atoms with Crippen LogP contribution in [0.3, 0.4) is 0 Å². The molecule has 5 nitrogen and oxygen atoms in total. The maximum Gasteiger partial charge on any atom is 0.277 e. The van der Waals surface area contributed by atoms with E-state index in [-0.39, 0.29) is 5.91 Å². The minimum atomic E-state index is -0.119. The fraction of sp³-hybridized carbons (Fsp3) is 0.217. The van der Waals surface area contributed by atoms with Gasteiger partial charge in [0, 0.05) is 30.7 Å². The molecule has 1 N–H and O–H groups in total. The second kappa shape index (κ2) is 9.67. The van der Waals surface area contributed by atoms with Crippen LogP contribution in [0.2, 0.25) is 0 Å². The molecule has 0 atom stereocenters.